The molecule has 0 fully saturated rings. The van der Waals surface area contributed by atoms with Crippen LogP contribution in [0.15, 0.2) is 61.2 Å². The van der Waals surface area contributed by atoms with Gasteiger partial charge in [-0.05, 0) is 35.7 Å². The van der Waals surface area contributed by atoms with Gasteiger partial charge in [0.25, 0.3) is 0 Å². The van der Waals surface area contributed by atoms with E-state index < -0.39 is 0 Å². The number of anilines is 1. The lowest BCUT2D eigenvalue weighted by Gasteiger charge is -2.11. The summed E-state index contributed by atoms with van der Waals surface area (Å²) in [6.07, 6.45) is 2.61. The average Bonchev–Trinajstić information content (AvgIpc) is 2.39. The summed E-state index contributed by atoms with van der Waals surface area (Å²) in [7, 11) is 0. The van der Waals surface area contributed by atoms with E-state index >= 15 is 0 Å². The first-order valence-corrected chi connectivity index (χ1v) is 5.95. The maximum Gasteiger partial charge on any atom is 0.123 e. The first-order valence-electron chi connectivity index (χ1n) is 5.95. The van der Waals surface area contributed by atoms with Crippen molar-refractivity contribution in [2.75, 3.05) is 5.73 Å². The van der Waals surface area contributed by atoms with Crippen LogP contribution in [0.1, 0.15) is 11.1 Å². The van der Waals surface area contributed by atoms with Crippen LogP contribution in [-0.2, 0) is 13.0 Å². The van der Waals surface area contributed by atoms with Gasteiger partial charge < -0.3 is 10.5 Å². The second kappa shape index (κ2) is 5.92. The van der Waals surface area contributed by atoms with Gasteiger partial charge in [0.2, 0.25) is 0 Å². The molecule has 2 aromatic rings. The molecule has 2 N–H and O–H groups in total. The molecule has 0 saturated heterocycles. The molecule has 0 aromatic heterocycles. The van der Waals surface area contributed by atoms with E-state index in [1.54, 1.807) is 0 Å². The number of hydrogen-bond acceptors (Lipinski definition) is 2. The highest BCUT2D eigenvalue weighted by Gasteiger charge is 2.03. The SMILES string of the molecule is C=CCc1cc(N)ccc1OCc1ccccc1. The standard InChI is InChI=1S/C16H17NO/c1-2-6-14-11-15(17)9-10-16(14)18-12-13-7-4-3-5-8-13/h2-5,7-11H,1,6,12,17H2. The quantitative estimate of drug-likeness (QED) is 0.639. The Labute approximate surface area is 108 Å². The van der Waals surface area contributed by atoms with Gasteiger partial charge in [-0.25, -0.2) is 0 Å². The lowest BCUT2D eigenvalue weighted by molar-refractivity contribution is 0.303. The summed E-state index contributed by atoms with van der Waals surface area (Å²) in [5, 5.41) is 0. The predicted octanol–water partition coefficient (Wildman–Crippen LogP) is 3.58. The van der Waals surface area contributed by atoms with Crippen LogP contribution >= 0.6 is 0 Å². The van der Waals surface area contributed by atoms with Gasteiger partial charge in [0.15, 0.2) is 0 Å². The molecule has 92 valence electrons. The van der Waals surface area contributed by atoms with E-state index in [-0.39, 0.29) is 0 Å². The molecular weight excluding hydrogens is 222 g/mol. The van der Waals surface area contributed by atoms with Crippen LogP contribution in [0.2, 0.25) is 0 Å². The van der Waals surface area contributed by atoms with E-state index in [9.17, 15) is 0 Å². The Bertz CT molecular complexity index is 520. The molecule has 0 atom stereocenters. The second-order valence-corrected chi connectivity index (χ2v) is 4.13. The van der Waals surface area contributed by atoms with Crippen molar-refractivity contribution >= 4 is 5.69 Å². The van der Waals surface area contributed by atoms with Crippen molar-refractivity contribution in [3.05, 3.63) is 72.3 Å². The number of nitrogens with two attached hydrogens (primary N) is 1. The van der Waals surface area contributed by atoms with Crippen molar-refractivity contribution in [2.45, 2.75) is 13.0 Å². The largest absolute Gasteiger partial charge is 0.489 e. The zero-order valence-electron chi connectivity index (χ0n) is 10.3. The van der Waals surface area contributed by atoms with Gasteiger partial charge in [-0.1, -0.05) is 36.4 Å². The smallest absolute Gasteiger partial charge is 0.123 e. The molecule has 0 amide bonds. The van der Waals surface area contributed by atoms with Crippen LogP contribution in [0, 0.1) is 0 Å². The highest BCUT2D eigenvalue weighted by atomic mass is 16.5. The Balaban J connectivity index is 2.11. The Morgan fingerprint density at radius 3 is 2.61 bits per heavy atom. The van der Waals surface area contributed by atoms with Crippen molar-refractivity contribution in [3.8, 4) is 5.75 Å². The van der Waals surface area contributed by atoms with E-state index in [1.165, 1.54) is 0 Å². The fourth-order valence-corrected chi connectivity index (χ4v) is 1.79. The zero-order chi connectivity index (χ0) is 12.8. The summed E-state index contributed by atoms with van der Waals surface area (Å²) in [4.78, 5) is 0. The highest BCUT2D eigenvalue weighted by molar-refractivity contribution is 5.48. The molecule has 2 heteroatoms. The number of nitrogen functional groups attached to an aromatic ring is 1. The van der Waals surface area contributed by atoms with Crippen LogP contribution < -0.4 is 10.5 Å². The zero-order valence-corrected chi connectivity index (χ0v) is 10.3. The van der Waals surface area contributed by atoms with Gasteiger partial charge >= 0.3 is 0 Å². The molecule has 0 aliphatic carbocycles. The van der Waals surface area contributed by atoms with Gasteiger partial charge in [-0.15, -0.1) is 6.58 Å². The Morgan fingerprint density at radius 1 is 1.11 bits per heavy atom. The molecule has 2 rings (SSSR count). The summed E-state index contributed by atoms with van der Waals surface area (Å²) >= 11 is 0. The molecule has 2 aromatic carbocycles. The van der Waals surface area contributed by atoms with Gasteiger partial charge in [-0.3, -0.25) is 0 Å². The Hall–Kier alpha value is -2.22. The van der Waals surface area contributed by atoms with Crippen molar-refractivity contribution in [3.63, 3.8) is 0 Å². The molecule has 0 heterocycles. The lowest BCUT2D eigenvalue weighted by Crippen LogP contribution is -1.99. The van der Waals surface area contributed by atoms with Crippen molar-refractivity contribution in [1.82, 2.24) is 0 Å². The maximum absolute atomic E-state index is 5.83. The molecule has 0 bridgehead atoms. The van der Waals surface area contributed by atoms with Crippen molar-refractivity contribution < 1.29 is 4.74 Å². The van der Waals surface area contributed by atoms with Crippen molar-refractivity contribution in [1.29, 1.82) is 0 Å². The van der Waals surface area contributed by atoms with Crippen LogP contribution in [0.3, 0.4) is 0 Å². The highest BCUT2D eigenvalue weighted by Crippen LogP contribution is 2.23. The Morgan fingerprint density at radius 2 is 1.89 bits per heavy atom. The summed E-state index contributed by atoms with van der Waals surface area (Å²) in [5.74, 6) is 0.868. The molecule has 0 unspecified atom stereocenters. The molecule has 0 radical (unpaired) electrons. The fraction of sp³-hybridized carbons (Fsp3) is 0.125. The van der Waals surface area contributed by atoms with Crippen LogP contribution in [0.25, 0.3) is 0 Å². The van der Waals surface area contributed by atoms with E-state index in [1.807, 2.05) is 54.6 Å². The minimum absolute atomic E-state index is 0.564. The average molecular weight is 239 g/mol. The minimum atomic E-state index is 0.564. The van der Waals surface area contributed by atoms with E-state index in [4.69, 9.17) is 10.5 Å². The molecule has 0 aliphatic heterocycles. The fourth-order valence-electron chi connectivity index (χ4n) is 1.79. The normalized spacial score (nSPS) is 10.0. The van der Waals surface area contributed by atoms with Crippen LogP contribution in [-0.4, -0.2) is 0 Å². The summed E-state index contributed by atoms with van der Waals surface area (Å²) in [6, 6.07) is 15.8. The monoisotopic (exact) mass is 239 g/mol. The third-order valence-corrected chi connectivity index (χ3v) is 2.69. The predicted molar refractivity (Wildman–Crippen MR) is 75.5 cm³/mol. The molecule has 18 heavy (non-hydrogen) atoms. The van der Waals surface area contributed by atoms with Gasteiger partial charge in [0.05, 0.1) is 0 Å². The molecule has 0 spiro atoms. The maximum atomic E-state index is 5.83. The first-order chi connectivity index (χ1) is 8.79. The number of ether oxygens (including phenoxy) is 1. The third kappa shape index (κ3) is 3.14. The number of hydrogen-bond donors (Lipinski definition) is 1. The molecule has 0 aliphatic rings. The van der Waals surface area contributed by atoms with E-state index in [0.29, 0.717) is 6.61 Å². The number of allylic oxidation sites excluding steroid dienone is 1. The first kappa shape index (κ1) is 12.2. The summed E-state index contributed by atoms with van der Waals surface area (Å²) < 4.78 is 5.83. The summed E-state index contributed by atoms with van der Waals surface area (Å²) in [6.45, 7) is 4.31. The topological polar surface area (TPSA) is 35.2 Å². The van der Waals surface area contributed by atoms with Gasteiger partial charge in [0, 0.05) is 5.69 Å². The third-order valence-electron chi connectivity index (χ3n) is 2.69. The molecule has 2 nitrogen and oxygen atoms in total. The Kier molecular flexibility index (Phi) is 4.02. The summed E-state index contributed by atoms with van der Waals surface area (Å²) in [5.41, 5.74) is 8.75. The minimum Gasteiger partial charge on any atom is -0.489 e. The molecule has 0 saturated carbocycles. The van der Waals surface area contributed by atoms with E-state index in [0.717, 1.165) is 29.0 Å². The van der Waals surface area contributed by atoms with Crippen LogP contribution in [0.5, 0.6) is 5.75 Å². The lowest BCUT2D eigenvalue weighted by atomic mass is 10.1. The van der Waals surface area contributed by atoms with Crippen molar-refractivity contribution in [2.24, 2.45) is 0 Å². The molecular formula is C16H17NO. The number of benzene rings is 2. The van der Waals surface area contributed by atoms with Gasteiger partial charge in [0.1, 0.15) is 12.4 Å². The van der Waals surface area contributed by atoms with Crippen LogP contribution in [0.4, 0.5) is 5.69 Å². The van der Waals surface area contributed by atoms with Gasteiger partial charge in [-0.2, -0.15) is 0 Å². The number of rotatable bonds is 5. The second-order valence-electron chi connectivity index (χ2n) is 4.13. The van der Waals surface area contributed by atoms with E-state index in [2.05, 4.69) is 6.58 Å².